The van der Waals surface area contributed by atoms with Crippen LogP contribution in [0.5, 0.6) is 11.5 Å². The number of nitrogens with zero attached hydrogens (tertiary/aromatic N) is 3. The smallest absolute Gasteiger partial charge is 0.305 e. The molecule has 0 radical (unpaired) electrons. The molecule has 2 aromatic carbocycles. The molecule has 2 saturated carbocycles. The van der Waals surface area contributed by atoms with E-state index in [4.69, 9.17) is 14.2 Å². The van der Waals surface area contributed by atoms with Crippen LogP contribution in [0.15, 0.2) is 52.3 Å². The summed E-state index contributed by atoms with van der Waals surface area (Å²) in [6.07, 6.45) is 0.724. The van der Waals surface area contributed by atoms with Crippen LogP contribution in [0, 0.1) is 39.7 Å². The van der Waals surface area contributed by atoms with Gasteiger partial charge in [-0.2, -0.15) is 0 Å². The number of hydrogen-bond donors (Lipinski definition) is 1. The number of non-ortho nitro benzene ring substituents is 1. The number of anilines is 1. The van der Waals surface area contributed by atoms with Gasteiger partial charge in [0.05, 0.1) is 47.3 Å². The third-order valence-electron chi connectivity index (χ3n) is 10.4. The summed E-state index contributed by atoms with van der Waals surface area (Å²) in [5.41, 5.74) is 1.13. The number of nitro groups is 1. The number of nitrogens with one attached hydrogen (secondary N) is 1. The van der Waals surface area contributed by atoms with Crippen LogP contribution in [0.4, 0.5) is 11.4 Å². The second kappa shape index (κ2) is 12.0. The van der Waals surface area contributed by atoms with Gasteiger partial charge >= 0.3 is 4.87 Å². The molecule has 15 heteroatoms. The van der Waals surface area contributed by atoms with E-state index in [1.807, 2.05) is 19.1 Å². The Balaban J connectivity index is 1.11. The van der Waals surface area contributed by atoms with Gasteiger partial charge in [-0.15, -0.1) is 11.8 Å². The monoisotopic (exact) mass is 692 g/mol. The highest BCUT2D eigenvalue weighted by molar-refractivity contribution is 8.00. The van der Waals surface area contributed by atoms with Crippen LogP contribution in [-0.2, 0) is 19.1 Å². The molecule has 2 aliphatic carbocycles. The molecule has 3 amide bonds. The van der Waals surface area contributed by atoms with E-state index in [1.54, 1.807) is 22.7 Å². The summed E-state index contributed by atoms with van der Waals surface area (Å²) < 4.78 is 17.3. The van der Waals surface area contributed by atoms with Crippen molar-refractivity contribution in [2.75, 3.05) is 44.4 Å². The number of morpholine rings is 1. The molecule has 5 aliphatic rings. The summed E-state index contributed by atoms with van der Waals surface area (Å²) in [6, 6.07) is 11.2. The molecule has 3 aromatic rings. The second-order valence-corrected chi connectivity index (χ2v) is 14.9. The first-order valence-corrected chi connectivity index (χ1v) is 17.7. The molecule has 2 bridgehead atoms. The number of aromatic amines is 1. The largest absolute Gasteiger partial charge is 0.490 e. The highest BCUT2D eigenvalue weighted by Gasteiger charge is 2.69. The number of aromatic nitrogens is 1. The van der Waals surface area contributed by atoms with Gasteiger partial charge in [-0.25, -0.2) is 0 Å². The maximum Gasteiger partial charge on any atom is 0.305 e. The lowest BCUT2D eigenvalue weighted by atomic mass is 9.68. The SMILES string of the molecule is CCOc1cc([C@H]2c3sc(=O)[nH]c3SC3C4CC(C5C(=O)N(c6ccc([N+](=O)[O-])cc6)C(=O)C45)C32)ccc1OCC(=O)N1CCOCC1. The third kappa shape index (κ3) is 4.93. The highest BCUT2D eigenvalue weighted by atomic mass is 32.2. The molecular weight excluding hydrogens is 661 g/mol. The van der Waals surface area contributed by atoms with Crippen molar-refractivity contribution in [2.45, 2.75) is 29.5 Å². The number of thioether (sulfide) groups is 1. The van der Waals surface area contributed by atoms with Crippen LogP contribution < -0.4 is 19.2 Å². The van der Waals surface area contributed by atoms with Crippen molar-refractivity contribution >= 4 is 52.2 Å². The number of nitro benzene ring substituents is 1. The topological polar surface area (TPSA) is 161 Å². The Bertz CT molecular complexity index is 1870. The second-order valence-electron chi connectivity index (χ2n) is 12.7. The number of benzene rings is 2. The number of ether oxygens (including phenoxy) is 3. The van der Waals surface area contributed by atoms with Gasteiger partial charge in [0.25, 0.3) is 11.6 Å². The number of hydrogen-bond acceptors (Lipinski definition) is 11. The quantitative estimate of drug-likeness (QED) is 0.210. The van der Waals surface area contributed by atoms with Gasteiger partial charge in [0, 0.05) is 41.3 Å². The Hall–Kier alpha value is -4.21. The Kier molecular flexibility index (Phi) is 7.79. The minimum Gasteiger partial charge on any atom is -0.490 e. The molecular formula is C33H32N4O9S2. The van der Waals surface area contributed by atoms with Crippen molar-refractivity contribution in [1.29, 1.82) is 0 Å². The molecule has 4 heterocycles. The van der Waals surface area contributed by atoms with Crippen LogP contribution in [-0.4, -0.2) is 77.3 Å². The normalized spacial score (nSPS) is 28.6. The summed E-state index contributed by atoms with van der Waals surface area (Å²) in [5.74, 6) is -1.19. The summed E-state index contributed by atoms with van der Waals surface area (Å²) in [6.45, 7) is 4.14. The van der Waals surface area contributed by atoms with Crippen molar-refractivity contribution in [3.8, 4) is 11.5 Å². The Morgan fingerprint density at radius 3 is 2.46 bits per heavy atom. The maximum atomic E-state index is 14.0. The Labute approximate surface area is 282 Å². The molecule has 1 N–H and O–H groups in total. The number of amides is 3. The first kappa shape index (κ1) is 31.1. The molecule has 3 aliphatic heterocycles. The van der Waals surface area contributed by atoms with Crippen LogP contribution in [0.3, 0.4) is 0 Å². The van der Waals surface area contributed by atoms with E-state index in [1.165, 1.54) is 40.5 Å². The standard InChI is InChI=1S/C33H32N4O9S2/c1-2-45-22-13-16(3-8-21(22)46-15-23(38)35-9-11-44-12-10-35)24-25-19-14-20(28(25)47-30-29(24)48-33(41)34-30)27-26(19)31(39)36(32(27)40)17-4-6-18(7-5-17)37(42)43/h3-8,13,19-20,24-28H,2,9-12,14-15H2,1H3,(H,34,41)/t19?,20?,24-,25?,26?,27?,28?/m1/s1. The van der Waals surface area contributed by atoms with E-state index in [0.29, 0.717) is 50.1 Å². The van der Waals surface area contributed by atoms with Crippen molar-refractivity contribution in [1.82, 2.24) is 9.88 Å². The van der Waals surface area contributed by atoms with E-state index >= 15 is 0 Å². The average molecular weight is 693 g/mol. The van der Waals surface area contributed by atoms with Crippen molar-refractivity contribution in [3.05, 3.63) is 72.7 Å². The fraction of sp³-hybridized carbons (Fsp3) is 0.455. The minimum atomic E-state index is -0.516. The molecule has 7 atom stereocenters. The predicted octanol–water partition coefficient (Wildman–Crippen LogP) is 3.66. The lowest BCUT2D eigenvalue weighted by Crippen LogP contribution is -2.43. The lowest BCUT2D eigenvalue weighted by molar-refractivity contribution is -0.384. The van der Waals surface area contributed by atoms with E-state index in [-0.39, 0.29) is 63.8 Å². The van der Waals surface area contributed by atoms with Crippen LogP contribution in [0.25, 0.3) is 0 Å². The van der Waals surface area contributed by atoms with Gasteiger partial charge in [-0.1, -0.05) is 17.4 Å². The fourth-order valence-electron chi connectivity index (χ4n) is 8.52. The average Bonchev–Trinajstić information content (AvgIpc) is 3.83. The van der Waals surface area contributed by atoms with Gasteiger partial charge in [0.15, 0.2) is 18.1 Å². The summed E-state index contributed by atoms with van der Waals surface area (Å²) in [4.78, 5) is 70.8. The van der Waals surface area contributed by atoms with Gasteiger partial charge in [-0.3, -0.25) is 34.2 Å². The minimum absolute atomic E-state index is 0.00910. The Morgan fingerprint density at radius 2 is 1.75 bits per heavy atom. The van der Waals surface area contributed by atoms with Gasteiger partial charge in [-0.05, 0) is 60.9 Å². The van der Waals surface area contributed by atoms with Gasteiger partial charge in [0.2, 0.25) is 11.8 Å². The molecule has 4 fully saturated rings. The summed E-state index contributed by atoms with van der Waals surface area (Å²) >= 11 is 2.77. The number of H-pyrrole nitrogens is 1. The molecule has 13 nitrogen and oxygen atoms in total. The number of fused-ring (bicyclic) bond motifs is 9. The molecule has 1 aromatic heterocycles. The van der Waals surface area contributed by atoms with Crippen molar-refractivity contribution in [3.63, 3.8) is 0 Å². The molecule has 0 spiro atoms. The maximum absolute atomic E-state index is 14.0. The van der Waals surface area contributed by atoms with E-state index < -0.39 is 16.8 Å². The zero-order valence-corrected chi connectivity index (χ0v) is 27.5. The van der Waals surface area contributed by atoms with Crippen LogP contribution in [0.2, 0.25) is 0 Å². The number of imide groups is 1. The first-order chi connectivity index (χ1) is 23.2. The zero-order chi connectivity index (χ0) is 33.3. The van der Waals surface area contributed by atoms with Crippen molar-refractivity contribution < 1.29 is 33.5 Å². The van der Waals surface area contributed by atoms with Gasteiger partial charge < -0.3 is 24.1 Å². The molecule has 6 unspecified atom stereocenters. The predicted molar refractivity (Wildman–Crippen MR) is 175 cm³/mol. The summed E-state index contributed by atoms with van der Waals surface area (Å²) in [5, 5.41) is 12.0. The van der Waals surface area contributed by atoms with E-state index in [2.05, 4.69) is 4.98 Å². The van der Waals surface area contributed by atoms with E-state index in [9.17, 15) is 29.3 Å². The molecule has 250 valence electrons. The first-order valence-electron chi connectivity index (χ1n) is 16.0. The number of carbonyl (C=O) groups is 3. The van der Waals surface area contributed by atoms with Crippen LogP contribution >= 0.6 is 23.1 Å². The summed E-state index contributed by atoms with van der Waals surface area (Å²) in [7, 11) is 0. The lowest BCUT2D eigenvalue weighted by Gasteiger charge is -2.43. The number of thiazole rings is 1. The van der Waals surface area contributed by atoms with Gasteiger partial charge in [0.1, 0.15) is 0 Å². The highest BCUT2D eigenvalue weighted by Crippen LogP contribution is 2.68. The van der Waals surface area contributed by atoms with E-state index in [0.717, 1.165) is 21.9 Å². The fourth-order valence-corrected chi connectivity index (χ4v) is 11.4. The molecule has 8 rings (SSSR count). The zero-order valence-electron chi connectivity index (χ0n) is 25.9. The van der Waals surface area contributed by atoms with Crippen LogP contribution in [0.1, 0.15) is 29.7 Å². The molecule has 2 saturated heterocycles. The third-order valence-corrected chi connectivity index (χ3v) is 13.0. The Morgan fingerprint density at radius 1 is 1.02 bits per heavy atom. The number of rotatable bonds is 8. The molecule has 48 heavy (non-hydrogen) atoms. The number of carbonyl (C=O) groups excluding carboxylic acids is 3. The van der Waals surface area contributed by atoms with Crippen molar-refractivity contribution in [2.24, 2.45) is 29.6 Å².